The molecule has 0 rings (SSSR count). The van der Waals surface area contributed by atoms with Crippen molar-refractivity contribution in [3.05, 3.63) is 0 Å². The molecule has 0 aromatic heterocycles. The van der Waals surface area contributed by atoms with E-state index in [0.29, 0.717) is 0 Å². The average molecular weight is 293 g/mol. The SMILES string of the molecule is NC(CCC(O)(P(=O)(O)O)P(=O)(O)O)C(=O)O. The smallest absolute Gasteiger partial charge is 0.369 e. The summed E-state index contributed by atoms with van der Waals surface area (Å²) >= 11 is 0. The second-order valence-corrected chi connectivity index (χ2v) is 7.35. The van der Waals surface area contributed by atoms with Gasteiger partial charge in [-0.25, -0.2) is 0 Å². The van der Waals surface area contributed by atoms with Gasteiger partial charge in [0.25, 0.3) is 5.08 Å². The van der Waals surface area contributed by atoms with E-state index in [1.54, 1.807) is 0 Å². The molecular formula is C5H13NO9P2. The van der Waals surface area contributed by atoms with Gasteiger partial charge in [-0.3, -0.25) is 13.9 Å². The summed E-state index contributed by atoms with van der Waals surface area (Å²) in [6.45, 7) is 0. The highest BCUT2D eigenvalue weighted by atomic mass is 31.2. The first-order chi connectivity index (χ1) is 7.33. The van der Waals surface area contributed by atoms with Crippen molar-refractivity contribution in [2.75, 3.05) is 0 Å². The number of hydrogen-bond donors (Lipinski definition) is 7. The highest BCUT2D eigenvalue weighted by Gasteiger charge is 2.58. The quantitative estimate of drug-likeness (QED) is 0.273. The molecule has 0 aliphatic carbocycles. The maximum absolute atomic E-state index is 10.8. The van der Waals surface area contributed by atoms with Crippen LogP contribution >= 0.6 is 15.2 Å². The van der Waals surface area contributed by atoms with Crippen molar-refractivity contribution in [3.8, 4) is 0 Å². The van der Waals surface area contributed by atoms with Gasteiger partial charge in [-0.1, -0.05) is 0 Å². The monoisotopic (exact) mass is 293 g/mol. The Hall–Kier alpha value is -0.310. The summed E-state index contributed by atoms with van der Waals surface area (Å²) in [4.78, 5) is 45.1. The molecule has 1 atom stereocenters. The summed E-state index contributed by atoms with van der Waals surface area (Å²) in [7, 11) is -11.1. The van der Waals surface area contributed by atoms with Crippen molar-refractivity contribution in [2.45, 2.75) is 24.0 Å². The van der Waals surface area contributed by atoms with Crippen LogP contribution < -0.4 is 5.73 Å². The molecule has 0 saturated heterocycles. The number of aliphatic carboxylic acids is 1. The van der Waals surface area contributed by atoms with Crippen LogP contribution in [0, 0.1) is 0 Å². The summed E-state index contributed by atoms with van der Waals surface area (Å²) in [6.07, 6.45) is -1.85. The standard InChI is InChI=1S/C5H13NO9P2/c6-3(4(7)8)1-2-5(9,16(10,11)12)17(13,14)15/h3,9H,1-2,6H2,(H,7,8)(H2,10,11,12)(H2,13,14,15). The molecular weight excluding hydrogens is 280 g/mol. The molecule has 0 saturated carbocycles. The number of hydrogen-bond acceptors (Lipinski definition) is 5. The third-order valence-electron chi connectivity index (χ3n) is 2.04. The van der Waals surface area contributed by atoms with Gasteiger partial charge in [0.05, 0.1) is 0 Å². The van der Waals surface area contributed by atoms with E-state index in [1.165, 1.54) is 0 Å². The fourth-order valence-electron chi connectivity index (χ4n) is 0.934. The highest BCUT2D eigenvalue weighted by molar-refractivity contribution is 7.72. The van der Waals surface area contributed by atoms with Crippen molar-refractivity contribution in [1.82, 2.24) is 0 Å². The molecule has 0 heterocycles. The minimum atomic E-state index is -5.55. The fraction of sp³-hybridized carbons (Fsp3) is 0.800. The van der Waals surface area contributed by atoms with Gasteiger partial charge in [-0.05, 0) is 6.42 Å². The van der Waals surface area contributed by atoms with Crippen molar-refractivity contribution >= 4 is 21.2 Å². The van der Waals surface area contributed by atoms with Crippen molar-refractivity contribution in [3.63, 3.8) is 0 Å². The predicted octanol–water partition coefficient (Wildman–Crippen LogP) is -1.82. The zero-order valence-electron chi connectivity index (χ0n) is 8.37. The number of rotatable bonds is 6. The molecule has 0 radical (unpaired) electrons. The van der Waals surface area contributed by atoms with Gasteiger partial charge in [-0.15, -0.1) is 0 Å². The van der Waals surface area contributed by atoms with E-state index in [-0.39, 0.29) is 0 Å². The van der Waals surface area contributed by atoms with Crippen molar-refractivity contribution < 1.29 is 43.7 Å². The first-order valence-corrected chi connectivity index (χ1v) is 7.37. The van der Waals surface area contributed by atoms with E-state index in [9.17, 15) is 19.0 Å². The van der Waals surface area contributed by atoms with Crippen LogP contribution in [0.4, 0.5) is 0 Å². The average Bonchev–Trinajstić information content (AvgIpc) is 2.09. The van der Waals surface area contributed by atoms with Crippen LogP contribution in [0.15, 0.2) is 0 Å². The summed E-state index contributed by atoms with van der Waals surface area (Å²) in [6, 6.07) is -1.60. The largest absolute Gasteiger partial charge is 0.480 e. The van der Waals surface area contributed by atoms with Gasteiger partial charge < -0.3 is 35.5 Å². The number of aliphatic hydroxyl groups is 1. The fourth-order valence-corrected chi connectivity index (χ4v) is 3.13. The van der Waals surface area contributed by atoms with Gasteiger partial charge in [0.1, 0.15) is 6.04 Å². The predicted molar refractivity (Wildman–Crippen MR) is 53.9 cm³/mol. The van der Waals surface area contributed by atoms with Crippen LogP contribution in [0.25, 0.3) is 0 Å². The lowest BCUT2D eigenvalue weighted by Crippen LogP contribution is -2.35. The summed E-state index contributed by atoms with van der Waals surface area (Å²) < 4.78 is 21.7. The third-order valence-corrected chi connectivity index (χ3v) is 5.92. The topological polar surface area (TPSA) is 199 Å². The Morgan fingerprint density at radius 3 is 1.76 bits per heavy atom. The number of carbonyl (C=O) groups is 1. The maximum Gasteiger partial charge on any atom is 0.369 e. The van der Waals surface area contributed by atoms with Crippen LogP contribution in [0.3, 0.4) is 0 Å². The molecule has 0 aliphatic rings. The Balaban J connectivity index is 5.08. The molecule has 0 aliphatic heterocycles. The number of carboxylic acids is 1. The molecule has 0 aromatic rings. The number of nitrogens with two attached hydrogens (primary N) is 1. The van der Waals surface area contributed by atoms with Gasteiger partial charge in [0.2, 0.25) is 0 Å². The molecule has 1 unspecified atom stereocenters. The lowest BCUT2D eigenvalue weighted by atomic mass is 10.2. The zero-order chi connectivity index (χ0) is 14.1. The van der Waals surface area contributed by atoms with E-state index in [1.807, 2.05) is 0 Å². The van der Waals surface area contributed by atoms with E-state index in [2.05, 4.69) is 0 Å². The Labute approximate surface area is 95.4 Å². The first kappa shape index (κ1) is 16.7. The molecule has 0 fully saturated rings. The van der Waals surface area contributed by atoms with E-state index < -0.39 is 45.1 Å². The lowest BCUT2D eigenvalue weighted by molar-refractivity contribution is -0.138. The summed E-state index contributed by atoms with van der Waals surface area (Å²) in [5.41, 5.74) is 4.99. The normalized spacial score (nSPS) is 15.6. The van der Waals surface area contributed by atoms with Crippen LogP contribution in [-0.4, -0.2) is 46.9 Å². The highest BCUT2D eigenvalue weighted by Crippen LogP contribution is 2.69. The second kappa shape index (κ2) is 5.13. The van der Waals surface area contributed by atoms with Gasteiger partial charge in [-0.2, -0.15) is 0 Å². The Kier molecular flexibility index (Phi) is 5.04. The van der Waals surface area contributed by atoms with Crippen LogP contribution in [0.2, 0.25) is 0 Å². The number of carboxylic acid groups (broad SMARTS) is 1. The van der Waals surface area contributed by atoms with Gasteiger partial charge in [0, 0.05) is 6.42 Å². The minimum Gasteiger partial charge on any atom is -0.480 e. The van der Waals surface area contributed by atoms with E-state index in [4.69, 9.17) is 30.4 Å². The molecule has 102 valence electrons. The third kappa shape index (κ3) is 3.84. The van der Waals surface area contributed by atoms with Gasteiger partial charge in [0.15, 0.2) is 0 Å². The zero-order valence-corrected chi connectivity index (χ0v) is 10.2. The molecule has 0 spiro atoms. The Morgan fingerprint density at radius 1 is 1.18 bits per heavy atom. The molecule has 8 N–H and O–H groups in total. The molecule has 17 heavy (non-hydrogen) atoms. The maximum atomic E-state index is 10.8. The molecule has 12 heteroatoms. The lowest BCUT2D eigenvalue weighted by Gasteiger charge is -2.29. The van der Waals surface area contributed by atoms with Crippen molar-refractivity contribution in [2.24, 2.45) is 5.73 Å². The molecule has 10 nitrogen and oxygen atoms in total. The second-order valence-electron chi connectivity index (χ2n) is 3.35. The van der Waals surface area contributed by atoms with Gasteiger partial charge >= 0.3 is 21.2 Å². The minimum absolute atomic E-state index is 0.706. The van der Waals surface area contributed by atoms with Crippen molar-refractivity contribution in [1.29, 1.82) is 0 Å². The van der Waals surface area contributed by atoms with E-state index >= 15 is 0 Å². The van der Waals surface area contributed by atoms with Crippen LogP contribution in [0.5, 0.6) is 0 Å². The Morgan fingerprint density at radius 2 is 1.53 bits per heavy atom. The van der Waals surface area contributed by atoms with E-state index in [0.717, 1.165) is 0 Å². The molecule has 0 aromatic carbocycles. The summed E-state index contributed by atoms with van der Waals surface area (Å²) in [5.74, 6) is -1.52. The molecule has 0 bridgehead atoms. The van der Waals surface area contributed by atoms with Crippen LogP contribution in [-0.2, 0) is 13.9 Å². The molecule has 0 amide bonds. The first-order valence-electron chi connectivity index (χ1n) is 4.15. The Bertz CT molecular complexity index is 361. The summed E-state index contributed by atoms with van der Waals surface area (Å²) in [5, 5.41) is 14.1. The van der Waals surface area contributed by atoms with Crippen LogP contribution in [0.1, 0.15) is 12.8 Å².